The Morgan fingerprint density at radius 1 is 1.40 bits per heavy atom. The third-order valence-electron chi connectivity index (χ3n) is 2.52. The summed E-state index contributed by atoms with van der Waals surface area (Å²) in [7, 11) is 1.41. The number of hydrogen-bond donors (Lipinski definition) is 2. The molecule has 0 unspecified atom stereocenters. The Hall–Kier alpha value is -2.64. The normalized spacial score (nSPS) is 9.85. The maximum atomic E-state index is 11.4. The van der Waals surface area contributed by atoms with Crippen LogP contribution >= 0.6 is 0 Å². The second kappa shape index (κ2) is 7.07. The minimum absolute atomic E-state index is 0.0311. The van der Waals surface area contributed by atoms with Crippen molar-refractivity contribution in [2.45, 2.75) is 19.4 Å². The summed E-state index contributed by atoms with van der Waals surface area (Å²) < 4.78 is 5.04. The van der Waals surface area contributed by atoms with Crippen LogP contribution in [0.15, 0.2) is 18.2 Å². The number of methoxy groups -OCH3 is 1. The van der Waals surface area contributed by atoms with Gasteiger partial charge >= 0.3 is 5.97 Å². The van der Waals surface area contributed by atoms with Crippen molar-refractivity contribution in [1.82, 2.24) is 5.32 Å². The Balaban J connectivity index is 2.70. The van der Waals surface area contributed by atoms with Crippen LogP contribution in [0.5, 0.6) is 5.75 Å². The van der Waals surface area contributed by atoms with Gasteiger partial charge in [-0.1, -0.05) is 0 Å². The van der Waals surface area contributed by atoms with Crippen LogP contribution in [0.2, 0.25) is 0 Å². The molecule has 0 aliphatic rings. The molecule has 1 rings (SSSR count). The summed E-state index contributed by atoms with van der Waals surface area (Å²) in [5.41, 5.74) is 0.339. The van der Waals surface area contributed by atoms with E-state index in [-0.39, 0.29) is 25.1 Å². The van der Waals surface area contributed by atoms with E-state index < -0.39 is 16.8 Å². The van der Waals surface area contributed by atoms with Gasteiger partial charge in [-0.2, -0.15) is 0 Å². The van der Waals surface area contributed by atoms with Crippen molar-refractivity contribution < 1.29 is 24.4 Å². The van der Waals surface area contributed by atoms with Gasteiger partial charge in [0.05, 0.1) is 18.5 Å². The molecule has 2 N–H and O–H groups in total. The zero-order valence-corrected chi connectivity index (χ0v) is 10.8. The van der Waals surface area contributed by atoms with E-state index in [4.69, 9.17) is 9.84 Å². The van der Waals surface area contributed by atoms with E-state index in [1.165, 1.54) is 25.3 Å². The lowest BCUT2D eigenvalue weighted by Crippen LogP contribution is -2.23. The van der Waals surface area contributed by atoms with E-state index >= 15 is 0 Å². The molecule has 20 heavy (non-hydrogen) atoms. The number of carboxylic acid groups (broad SMARTS) is 1. The number of hydrogen-bond acceptors (Lipinski definition) is 5. The molecule has 8 nitrogen and oxygen atoms in total. The Morgan fingerprint density at radius 3 is 2.65 bits per heavy atom. The molecule has 0 spiro atoms. The van der Waals surface area contributed by atoms with Gasteiger partial charge in [-0.3, -0.25) is 19.7 Å². The largest absolute Gasteiger partial charge is 0.496 e. The highest BCUT2D eigenvalue weighted by molar-refractivity contribution is 5.80. The average Bonchev–Trinajstić information content (AvgIpc) is 2.42. The van der Waals surface area contributed by atoms with Gasteiger partial charge < -0.3 is 15.2 Å². The van der Waals surface area contributed by atoms with Crippen LogP contribution in [0.3, 0.4) is 0 Å². The quantitative estimate of drug-likeness (QED) is 0.570. The van der Waals surface area contributed by atoms with Crippen molar-refractivity contribution >= 4 is 17.6 Å². The summed E-state index contributed by atoms with van der Waals surface area (Å²) in [5, 5.41) is 21.6. The Kier molecular flexibility index (Phi) is 5.45. The SMILES string of the molecule is COc1ccc([N+](=O)[O-])cc1CNC(=O)CCC(=O)O. The third-order valence-corrected chi connectivity index (χ3v) is 2.52. The fourth-order valence-electron chi connectivity index (χ4n) is 1.52. The highest BCUT2D eigenvalue weighted by Crippen LogP contribution is 2.23. The molecular formula is C12H14N2O6. The standard InChI is InChI=1S/C12H14N2O6/c1-20-10-3-2-9(14(18)19)6-8(10)7-13-11(15)4-5-12(16)17/h2-3,6H,4-5,7H2,1H3,(H,13,15)(H,16,17). The van der Waals surface area contributed by atoms with Crippen LogP contribution in [-0.2, 0) is 16.1 Å². The van der Waals surface area contributed by atoms with Gasteiger partial charge in [0, 0.05) is 30.7 Å². The highest BCUT2D eigenvalue weighted by Gasteiger charge is 2.12. The van der Waals surface area contributed by atoms with E-state index in [0.717, 1.165) is 0 Å². The second-order valence-electron chi connectivity index (χ2n) is 3.92. The summed E-state index contributed by atoms with van der Waals surface area (Å²) in [6.45, 7) is 0.0311. The van der Waals surface area contributed by atoms with Gasteiger partial charge in [-0.15, -0.1) is 0 Å². The molecule has 1 aromatic carbocycles. The van der Waals surface area contributed by atoms with Crippen LogP contribution in [0.25, 0.3) is 0 Å². The minimum Gasteiger partial charge on any atom is -0.496 e. The number of nitrogens with zero attached hydrogens (tertiary/aromatic N) is 1. The number of benzene rings is 1. The molecular weight excluding hydrogens is 268 g/mol. The summed E-state index contributed by atoms with van der Waals surface area (Å²) in [6.07, 6.45) is -0.412. The number of nitrogens with one attached hydrogen (secondary N) is 1. The van der Waals surface area contributed by atoms with Crippen molar-refractivity contribution in [2.75, 3.05) is 7.11 Å². The number of nitro groups is 1. The number of carbonyl (C=O) groups is 2. The molecule has 0 fully saturated rings. The van der Waals surface area contributed by atoms with E-state index in [1.807, 2.05) is 0 Å². The maximum Gasteiger partial charge on any atom is 0.303 e. The van der Waals surface area contributed by atoms with Crippen LogP contribution < -0.4 is 10.1 Å². The molecule has 0 aliphatic carbocycles. The lowest BCUT2D eigenvalue weighted by Gasteiger charge is -2.09. The van der Waals surface area contributed by atoms with Gasteiger partial charge in [0.2, 0.25) is 5.91 Å². The summed E-state index contributed by atoms with van der Waals surface area (Å²) in [4.78, 5) is 31.8. The summed E-state index contributed by atoms with van der Waals surface area (Å²) >= 11 is 0. The number of rotatable bonds is 7. The highest BCUT2D eigenvalue weighted by atomic mass is 16.6. The molecule has 1 amide bonds. The lowest BCUT2D eigenvalue weighted by molar-refractivity contribution is -0.384. The Bertz CT molecular complexity index is 529. The topological polar surface area (TPSA) is 119 Å². The van der Waals surface area contributed by atoms with Crippen LogP contribution in [0, 0.1) is 10.1 Å². The molecule has 0 aromatic heterocycles. The molecule has 0 atom stereocenters. The van der Waals surface area contributed by atoms with E-state index in [9.17, 15) is 19.7 Å². The van der Waals surface area contributed by atoms with Gasteiger partial charge in [-0.05, 0) is 6.07 Å². The van der Waals surface area contributed by atoms with Crippen molar-refractivity contribution in [3.63, 3.8) is 0 Å². The smallest absolute Gasteiger partial charge is 0.303 e. The second-order valence-corrected chi connectivity index (χ2v) is 3.92. The number of nitro benzene ring substituents is 1. The molecule has 0 saturated carbocycles. The number of amides is 1. The molecule has 0 aliphatic heterocycles. The average molecular weight is 282 g/mol. The molecule has 0 radical (unpaired) electrons. The lowest BCUT2D eigenvalue weighted by atomic mass is 10.1. The maximum absolute atomic E-state index is 11.4. The third kappa shape index (κ3) is 4.56. The number of ether oxygens (including phenoxy) is 1. The first-order chi connectivity index (χ1) is 9.43. The summed E-state index contributed by atoms with van der Waals surface area (Å²) in [5.74, 6) is -1.09. The zero-order valence-electron chi connectivity index (χ0n) is 10.8. The molecule has 1 aromatic rings. The van der Waals surface area contributed by atoms with E-state index in [0.29, 0.717) is 11.3 Å². The summed E-state index contributed by atoms with van der Waals surface area (Å²) in [6, 6.07) is 4.04. The van der Waals surface area contributed by atoms with Crippen LogP contribution in [0.4, 0.5) is 5.69 Å². The molecule has 8 heteroatoms. The van der Waals surface area contributed by atoms with Gasteiger partial charge in [0.25, 0.3) is 5.69 Å². The van der Waals surface area contributed by atoms with E-state index in [1.54, 1.807) is 0 Å². The zero-order chi connectivity index (χ0) is 15.1. The van der Waals surface area contributed by atoms with Crippen molar-refractivity contribution in [2.24, 2.45) is 0 Å². The molecule has 0 heterocycles. The monoisotopic (exact) mass is 282 g/mol. The first kappa shape index (κ1) is 15.4. The van der Waals surface area contributed by atoms with Crippen LogP contribution in [0.1, 0.15) is 18.4 Å². The van der Waals surface area contributed by atoms with Crippen LogP contribution in [-0.4, -0.2) is 29.0 Å². The molecule has 108 valence electrons. The Morgan fingerprint density at radius 2 is 2.10 bits per heavy atom. The first-order valence-electron chi connectivity index (χ1n) is 5.74. The minimum atomic E-state index is -1.06. The number of carboxylic acids is 1. The number of carbonyl (C=O) groups excluding carboxylic acids is 1. The number of aliphatic carboxylic acids is 1. The van der Waals surface area contributed by atoms with Crippen molar-refractivity contribution in [1.29, 1.82) is 0 Å². The fourth-order valence-corrected chi connectivity index (χ4v) is 1.52. The first-order valence-corrected chi connectivity index (χ1v) is 5.74. The number of non-ortho nitro benzene ring substituents is 1. The molecule has 0 saturated heterocycles. The van der Waals surface area contributed by atoms with E-state index in [2.05, 4.69) is 5.32 Å². The predicted octanol–water partition coefficient (Wildman–Crippen LogP) is 1.08. The van der Waals surface area contributed by atoms with Gasteiger partial charge in [0.15, 0.2) is 0 Å². The Labute approximate surface area is 114 Å². The van der Waals surface area contributed by atoms with Gasteiger partial charge in [-0.25, -0.2) is 0 Å². The predicted molar refractivity (Wildman–Crippen MR) is 68.4 cm³/mol. The van der Waals surface area contributed by atoms with Gasteiger partial charge in [0.1, 0.15) is 5.75 Å². The van der Waals surface area contributed by atoms with Crippen molar-refractivity contribution in [3.05, 3.63) is 33.9 Å². The fraction of sp³-hybridized carbons (Fsp3) is 0.333. The molecule has 0 bridgehead atoms. The van der Waals surface area contributed by atoms with Crippen molar-refractivity contribution in [3.8, 4) is 5.75 Å².